The van der Waals surface area contributed by atoms with E-state index in [-0.39, 0.29) is 18.1 Å². The van der Waals surface area contributed by atoms with Crippen LogP contribution in [0.3, 0.4) is 0 Å². The van der Waals surface area contributed by atoms with Crippen molar-refractivity contribution in [3.63, 3.8) is 0 Å². The highest BCUT2D eigenvalue weighted by Gasteiger charge is 2.22. The van der Waals surface area contributed by atoms with Gasteiger partial charge in [0.1, 0.15) is 23.7 Å². The Morgan fingerprint density at radius 1 is 1.21 bits per heavy atom. The van der Waals surface area contributed by atoms with Crippen LogP contribution < -0.4 is 10.1 Å². The van der Waals surface area contributed by atoms with Crippen LogP contribution in [0.25, 0.3) is 11.0 Å². The Morgan fingerprint density at radius 3 is 2.79 bits per heavy atom. The van der Waals surface area contributed by atoms with E-state index in [0.717, 1.165) is 41.7 Å². The van der Waals surface area contributed by atoms with Gasteiger partial charge in [-0.15, -0.1) is 0 Å². The lowest BCUT2D eigenvalue weighted by molar-refractivity contribution is 0.0670. The van der Waals surface area contributed by atoms with E-state index in [1.165, 1.54) is 0 Å². The van der Waals surface area contributed by atoms with Crippen LogP contribution in [0.15, 0.2) is 52.9 Å². The van der Waals surface area contributed by atoms with E-state index in [0.29, 0.717) is 17.9 Å². The highest BCUT2D eigenvalue weighted by molar-refractivity contribution is 5.97. The quantitative estimate of drug-likeness (QED) is 0.669. The molecule has 1 aromatic heterocycles. The van der Waals surface area contributed by atoms with Crippen molar-refractivity contribution in [2.24, 2.45) is 0 Å². The van der Waals surface area contributed by atoms with Gasteiger partial charge in [-0.05, 0) is 44.9 Å². The van der Waals surface area contributed by atoms with Crippen LogP contribution in [-0.2, 0) is 4.74 Å². The lowest BCUT2D eigenvalue weighted by Crippen LogP contribution is -2.27. The summed E-state index contributed by atoms with van der Waals surface area (Å²) in [4.78, 5) is 12.9. The van der Waals surface area contributed by atoms with Gasteiger partial charge in [0.05, 0.1) is 17.7 Å². The maximum Gasteiger partial charge on any atom is 0.255 e. The minimum absolute atomic E-state index is 0.105. The number of hydrogen-bond donors (Lipinski definition) is 1. The van der Waals surface area contributed by atoms with Gasteiger partial charge in [0, 0.05) is 17.6 Å². The fraction of sp³-hybridized carbons (Fsp3) is 0.348. The minimum atomic E-state index is -0.258. The highest BCUT2D eigenvalue weighted by Crippen LogP contribution is 2.29. The van der Waals surface area contributed by atoms with Gasteiger partial charge in [-0.2, -0.15) is 0 Å². The molecule has 2 atom stereocenters. The third-order valence-electron chi connectivity index (χ3n) is 5.20. The predicted octanol–water partition coefficient (Wildman–Crippen LogP) is 4.79. The summed E-state index contributed by atoms with van der Waals surface area (Å²) >= 11 is 0. The number of rotatable bonds is 6. The summed E-state index contributed by atoms with van der Waals surface area (Å²) in [6.07, 6.45) is 2.16. The Bertz CT molecular complexity index is 972. The molecule has 1 fully saturated rings. The van der Waals surface area contributed by atoms with Crippen LogP contribution in [-0.4, -0.2) is 25.2 Å². The molecule has 2 aromatic carbocycles. The maximum atomic E-state index is 12.9. The molecular formula is C23H25NO4. The van der Waals surface area contributed by atoms with Crippen molar-refractivity contribution >= 4 is 16.9 Å². The summed E-state index contributed by atoms with van der Waals surface area (Å²) in [5, 5.41) is 4.11. The molecule has 1 saturated heterocycles. The molecule has 146 valence electrons. The third-order valence-corrected chi connectivity index (χ3v) is 5.20. The second kappa shape index (κ2) is 8.07. The number of hydrogen-bond acceptors (Lipinski definition) is 4. The second-order valence-electron chi connectivity index (χ2n) is 7.22. The minimum Gasteiger partial charge on any atom is -0.490 e. The van der Waals surface area contributed by atoms with Crippen LogP contribution in [0.4, 0.5) is 0 Å². The van der Waals surface area contributed by atoms with Crippen molar-refractivity contribution in [3.05, 3.63) is 65.4 Å². The molecule has 5 heteroatoms. The van der Waals surface area contributed by atoms with Crippen molar-refractivity contribution < 1.29 is 18.7 Å². The maximum absolute atomic E-state index is 12.9. The molecule has 3 aromatic rings. The first-order chi connectivity index (χ1) is 13.6. The monoisotopic (exact) mass is 379 g/mol. The molecule has 2 unspecified atom stereocenters. The molecular weight excluding hydrogens is 354 g/mol. The average Bonchev–Trinajstić information content (AvgIpc) is 3.35. The van der Waals surface area contributed by atoms with Crippen LogP contribution >= 0.6 is 0 Å². The summed E-state index contributed by atoms with van der Waals surface area (Å²) in [6, 6.07) is 14.9. The summed E-state index contributed by atoms with van der Waals surface area (Å²) in [5.41, 5.74) is 2.39. The summed E-state index contributed by atoms with van der Waals surface area (Å²) < 4.78 is 17.5. The molecule has 1 N–H and O–H groups in total. The van der Waals surface area contributed by atoms with Gasteiger partial charge in [0.25, 0.3) is 5.91 Å². The van der Waals surface area contributed by atoms with Crippen LogP contribution in [0.1, 0.15) is 47.5 Å². The number of fused-ring (bicyclic) bond motifs is 1. The molecule has 4 rings (SSSR count). The number of aryl methyl sites for hydroxylation is 1. The van der Waals surface area contributed by atoms with Crippen LogP contribution in [0.5, 0.6) is 5.75 Å². The first kappa shape index (κ1) is 18.6. The van der Waals surface area contributed by atoms with E-state index in [9.17, 15) is 4.79 Å². The molecule has 0 spiro atoms. The van der Waals surface area contributed by atoms with Gasteiger partial charge in [-0.25, -0.2) is 0 Å². The first-order valence-electron chi connectivity index (χ1n) is 9.76. The Kier molecular flexibility index (Phi) is 5.35. The normalized spacial score (nSPS) is 17.6. The SMILES string of the molecule is Cc1c(C(C)NC(=O)c2ccccc2OCC2CCCO2)oc2ccccc12. The Hall–Kier alpha value is -2.79. The van der Waals surface area contributed by atoms with E-state index in [2.05, 4.69) is 5.32 Å². The summed E-state index contributed by atoms with van der Waals surface area (Å²) in [7, 11) is 0. The molecule has 0 aliphatic carbocycles. The number of furan rings is 1. The molecule has 28 heavy (non-hydrogen) atoms. The average molecular weight is 379 g/mol. The van der Waals surface area contributed by atoms with E-state index >= 15 is 0 Å². The fourth-order valence-corrected chi connectivity index (χ4v) is 3.68. The standard InChI is InChI=1S/C23H25NO4/c1-15-18-9-3-6-12-21(18)28-22(15)16(2)24-23(25)19-10-4-5-11-20(19)27-14-17-8-7-13-26-17/h3-6,9-12,16-17H,7-8,13-14H2,1-2H3,(H,24,25). The topological polar surface area (TPSA) is 60.7 Å². The largest absolute Gasteiger partial charge is 0.490 e. The second-order valence-corrected chi connectivity index (χ2v) is 7.22. The van der Waals surface area contributed by atoms with Crippen molar-refractivity contribution in [3.8, 4) is 5.75 Å². The molecule has 0 saturated carbocycles. The molecule has 1 aliphatic rings. The highest BCUT2D eigenvalue weighted by atomic mass is 16.5. The van der Waals surface area contributed by atoms with E-state index in [1.807, 2.05) is 56.3 Å². The molecule has 5 nitrogen and oxygen atoms in total. The third kappa shape index (κ3) is 3.76. The van der Waals surface area contributed by atoms with Gasteiger partial charge in [0.15, 0.2) is 0 Å². The van der Waals surface area contributed by atoms with E-state index in [4.69, 9.17) is 13.9 Å². The number of amides is 1. The lowest BCUT2D eigenvalue weighted by atomic mass is 10.1. The van der Waals surface area contributed by atoms with Crippen molar-refractivity contribution in [2.45, 2.75) is 38.8 Å². The zero-order valence-corrected chi connectivity index (χ0v) is 16.2. The molecule has 1 amide bonds. The molecule has 0 bridgehead atoms. The summed E-state index contributed by atoms with van der Waals surface area (Å²) in [5.74, 6) is 1.16. The number of ether oxygens (including phenoxy) is 2. The van der Waals surface area contributed by atoms with E-state index in [1.54, 1.807) is 6.07 Å². The van der Waals surface area contributed by atoms with Crippen molar-refractivity contribution in [1.29, 1.82) is 0 Å². The summed E-state index contributed by atoms with van der Waals surface area (Å²) in [6.45, 7) is 5.19. The number of benzene rings is 2. The van der Waals surface area contributed by atoms with Gasteiger partial charge in [-0.3, -0.25) is 4.79 Å². The lowest BCUT2D eigenvalue weighted by Gasteiger charge is -2.16. The Balaban J connectivity index is 1.49. The zero-order chi connectivity index (χ0) is 19.5. The molecule has 0 radical (unpaired) electrons. The smallest absolute Gasteiger partial charge is 0.255 e. The number of carbonyl (C=O) groups excluding carboxylic acids is 1. The van der Waals surface area contributed by atoms with Crippen LogP contribution in [0, 0.1) is 6.92 Å². The first-order valence-corrected chi connectivity index (χ1v) is 9.76. The molecule has 2 heterocycles. The predicted molar refractivity (Wildman–Crippen MR) is 108 cm³/mol. The fourth-order valence-electron chi connectivity index (χ4n) is 3.68. The zero-order valence-electron chi connectivity index (χ0n) is 16.2. The Labute approximate surface area is 164 Å². The van der Waals surface area contributed by atoms with Crippen molar-refractivity contribution in [2.75, 3.05) is 13.2 Å². The number of nitrogens with one attached hydrogen (secondary N) is 1. The number of carbonyl (C=O) groups is 1. The van der Waals surface area contributed by atoms with Gasteiger partial charge in [0.2, 0.25) is 0 Å². The van der Waals surface area contributed by atoms with Gasteiger partial charge >= 0.3 is 0 Å². The van der Waals surface area contributed by atoms with Gasteiger partial charge in [-0.1, -0.05) is 30.3 Å². The molecule has 1 aliphatic heterocycles. The van der Waals surface area contributed by atoms with Crippen molar-refractivity contribution in [1.82, 2.24) is 5.32 Å². The Morgan fingerprint density at radius 2 is 2.00 bits per heavy atom. The van der Waals surface area contributed by atoms with Crippen LogP contribution in [0.2, 0.25) is 0 Å². The van der Waals surface area contributed by atoms with E-state index < -0.39 is 0 Å². The number of para-hydroxylation sites is 2. The van der Waals surface area contributed by atoms with Gasteiger partial charge < -0.3 is 19.2 Å².